The van der Waals surface area contributed by atoms with E-state index < -0.39 is 0 Å². The van der Waals surface area contributed by atoms with Crippen molar-refractivity contribution in [3.63, 3.8) is 0 Å². The van der Waals surface area contributed by atoms with Crippen LogP contribution in [0.5, 0.6) is 0 Å². The van der Waals surface area contributed by atoms with Crippen LogP contribution < -0.4 is 11.1 Å². The molecule has 0 aromatic rings. The van der Waals surface area contributed by atoms with Gasteiger partial charge >= 0.3 is 0 Å². The summed E-state index contributed by atoms with van der Waals surface area (Å²) in [7, 11) is 0. The van der Waals surface area contributed by atoms with E-state index >= 15 is 0 Å². The smallest absolute Gasteiger partial charge is 0.236 e. The van der Waals surface area contributed by atoms with E-state index in [-0.39, 0.29) is 11.9 Å². The molecular formula is C11H23N3O. The zero-order chi connectivity index (χ0) is 11.1. The highest BCUT2D eigenvalue weighted by molar-refractivity contribution is 5.81. The Morgan fingerprint density at radius 1 is 1.47 bits per heavy atom. The van der Waals surface area contributed by atoms with Crippen LogP contribution in [0.2, 0.25) is 0 Å². The van der Waals surface area contributed by atoms with E-state index in [1.807, 2.05) is 6.92 Å². The van der Waals surface area contributed by atoms with Crippen LogP contribution in [0.15, 0.2) is 0 Å². The van der Waals surface area contributed by atoms with Gasteiger partial charge in [-0.25, -0.2) is 0 Å². The first-order chi connectivity index (χ1) is 7.24. The molecule has 1 amide bonds. The number of likely N-dealkylation sites (tertiary alicyclic amines) is 1. The fourth-order valence-electron chi connectivity index (χ4n) is 1.92. The van der Waals surface area contributed by atoms with E-state index in [4.69, 9.17) is 5.73 Å². The zero-order valence-corrected chi connectivity index (χ0v) is 9.67. The van der Waals surface area contributed by atoms with E-state index in [9.17, 15) is 4.79 Å². The maximum Gasteiger partial charge on any atom is 0.236 e. The van der Waals surface area contributed by atoms with Crippen molar-refractivity contribution in [3.05, 3.63) is 0 Å². The van der Waals surface area contributed by atoms with E-state index in [1.54, 1.807) is 0 Å². The molecule has 1 heterocycles. The molecule has 0 aliphatic carbocycles. The van der Waals surface area contributed by atoms with E-state index in [0.717, 1.165) is 25.9 Å². The van der Waals surface area contributed by atoms with Crippen LogP contribution in [0.4, 0.5) is 0 Å². The molecule has 1 saturated heterocycles. The molecule has 1 aliphatic heterocycles. The summed E-state index contributed by atoms with van der Waals surface area (Å²) in [6.07, 6.45) is 4.32. The quantitative estimate of drug-likeness (QED) is 0.668. The summed E-state index contributed by atoms with van der Waals surface area (Å²) in [6.45, 7) is 6.09. The molecule has 88 valence electrons. The Morgan fingerprint density at radius 3 is 2.73 bits per heavy atom. The average Bonchev–Trinajstić information content (AvgIpc) is 2.71. The van der Waals surface area contributed by atoms with Crippen LogP contribution in [0.3, 0.4) is 0 Å². The number of amides is 1. The van der Waals surface area contributed by atoms with Gasteiger partial charge in [0.1, 0.15) is 0 Å². The summed E-state index contributed by atoms with van der Waals surface area (Å²) in [4.78, 5) is 13.8. The van der Waals surface area contributed by atoms with E-state index in [2.05, 4.69) is 10.2 Å². The third kappa shape index (κ3) is 4.62. The molecule has 0 aromatic carbocycles. The lowest BCUT2D eigenvalue weighted by Gasteiger charge is -2.16. The molecule has 0 unspecified atom stereocenters. The first-order valence-electron chi connectivity index (χ1n) is 5.99. The number of carbonyl (C=O) groups excluding carboxylic acids is 1. The average molecular weight is 213 g/mol. The van der Waals surface area contributed by atoms with Gasteiger partial charge in [0.2, 0.25) is 5.91 Å². The highest BCUT2D eigenvalue weighted by Crippen LogP contribution is 2.05. The Balaban J connectivity index is 2.05. The van der Waals surface area contributed by atoms with Gasteiger partial charge in [0, 0.05) is 13.1 Å². The van der Waals surface area contributed by atoms with Gasteiger partial charge in [0.25, 0.3) is 0 Å². The molecule has 15 heavy (non-hydrogen) atoms. The van der Waals surface area contributed by atoms with Gasteiger partial charge in [0.15, 0.2) is 0 Å². The molecule has 0 saturated carbocycles. The Labute approximate surface area is 92.2 Å². The van der Waals surface area contributed by atoms with Crippen molar-refractivity contribution in [1.29, 1.82) is 0 Å². The van der Waals surface area contributed by atoms with Crippen molar-refractivity contribution >= 4 is 5.91 Å². The number of rotatable bonds is 6. The van der Waals surface area contributed by atoms with Crippen molar-refractivity contribution in [2.45, 2.75) is 38.6 Å². The standard InChI is InChI=1S/C11H23N3O/c1-2-5-10(12)11(15)13-6-9-14-7-3-4-8-14/h10H,2-9,12H2,1H3,(H,13,15)/t10-/m1/s1. The van der Waals surface area contributed by atoms with Gasteiger partial charge < -0.3 is 16.0 Å². The third-order valence-corrected chi connectivity index (χ3v) is 2.86. The lowest BCUT2D eigenvalue weighted by atomic mass is 10.2. The van der Waals surface area contributed by atoms with Gasteiger partial charge in [-0.1, -0.05) is 13.3 Å². The molecule has 1 rings (SSSR count). The summed E-state index contributed by atoms with van der Waals surface area (Å²) < 4.78 is 0. The highest BCUT2D eigenvalue weighted by Gasteiger charge is 2.13. The fraction of sp³-hybridized carbons (Fsp3) is 0.909. The molecule has 3 N–H and O–H groups in total. The van der Waals surface area contributed by atoms with Crippen molar-refractivity contribution in [2.75, 3.05) is 26.2 Å². The minimum absolute atomic E-state index is 0.00366. The number of nitrogens with two attached hydrogens (primary N) is 1. The second-order valence-electron chi connectivity index (χ2n) is 4.23. The minimum atomic E-state index is -0.325. The molecule has 0 spiro atoms. The van der Waals surface area contributed by atoms with Crippen molar-refractivity contribution in [1.82, 2.24) is 10.2 Å². The molecule has 4 nitrogen and oxygen atoms in total. The summed E-state index contributed by atoms with van der Waals surface area (Å²) >= 11 is 0. The second kappa shape index (κ2) is 6.80. The molecule has 0 aromatic heterocycles. The van der Waals surface area contributed by atoms with Crippen LogP contribution in [-0.2, 0) is 4.79 Å². The largest absolute Gasteiger partial charge is 0.353 e. The lowest BCUT2D eigenvalue weighted by molar-refractivity contribution is -0.122. The minimum Gasteiger partial charge on any atom is -0.353 e. The van der Waals surface area contributed by atoms with Crippen LogP contribution in [0.25, 0.3) is 0 Å². The van der Waals surface area contributed by atoms with Gasteiger partial charge in [-0.3, -0.25) is 4.79 Å². The SMILES string of the molecule is CCC[C@@H](N)C(=O)NCCN1CCCC1. The number of hydrogen-bond donors (Lipinski definition) is 2. The maximum atomic E-state index is 11.5. The molecule has 0 bridgehead atoms. The fourth-order valence-corrected chi connectivity index (χ4v) is 1.92. The Bertz CT molecular complexity index is 190. The van der Waals surface area contributed by atoms with Crippen LogP contribution in [-0.4, -0.2) is 43.0 Å². The van der Waals surface area contributed by atoms with Crippen LogP contribution in [0, 0.1) is 0 Å². The molecule has 4 heteroatoms. The number of nitrogens with zero attached hydrogens (tertiary/aromatic N) is 1. The van der Waals surface area contributed by atoms with E-state index in [0.29, 0.717) is 0 Å². The number of nitrogens with one attached hydrogen (secondary N) is 1. The highest BCUT2D eigenvalue weighted by atomic mass is 16.2. The monoisotopic (exact) mass is 213 g/mol. The van der Waals surface area contributed by atoms with E-state index in [1.165, 1.54) is 25.9 Å². The summed E-state index contributed by atoms with van der Waals surface area (Å²) in [5.41, 5.74) is 5.70. The topological polar surface area (TPSA) is 58.4 Å². The normalized spacial score (nSPS) is 19.1. The molecule has 1 aliphatic rings. The number of carbonyl (C=O) groups is 1. The van der Waals surface area contributed by atoms with Gasteiger partial charge in [-0.15, -0.1) is 0 Å². The number of hydrogen-bond acceptors (Lipinski definition) is 3. The van der Waals surface area contributed by atoms with Crippen molar-refractivity contribution in [3.8, 4) is 0 Å². The van der Waals surface area contributed by atoms with Crippen LogP contribution in [0.1, 0.15) is 32.6 Å². The van der Waals surface area contributed by atoms with Gasteiger partial charge in [0.05, 0.1) is 6.04 Å². The van der Waals surface area contributed by atoms with Gasteiger partial charge in [-0.2, -0.15) is 0 Å². The second-order valence-corrected chi connectivity index (χ2v) is 4.23. The third-order valence-electron chi connectivity index (χ3n) is 2.86. The van der Waals surface area contributed by atoms with Gasteiger partial charge in [-0.05, 0) is 32.4 Å². The first kappa shape index (κ1) is 12.5. The first-order valence-corrected chi connectivity index (χ1v) is 5.99. The Morgan fingerprint density at radius 2 is 2.13 bits per heavy atom. The maximum absolute atomic E-state index is 11.5. The molecular weight excluding hydrogens is 190 g/mol. The predicted molar refractivity (Wildman–Crippen MR) is 61.6 cm³/mol. The summed E-state index contributed by atoms with van der Waals surface area (Å²) in [6, 6.07) is -0.325. The van der Waals surface area contributed by atoms with Crippen molar-refractivity contribution in [2.24, 2.45) is 5.73 Å². The predicted octanol–water partition coefficient (Wildman–Crippen LogP) is 0.326. The van der Waals surface area contributed by atoms with Crippen LogP contribution >= 0.6 is 0 Å². The Hall–Kier alpha value is -0.610. The summed E-state index contributed by atoms with van der Waals surface area (Å²) in [5, 5.41) is 2.89. The van der Waals surface area contributed by atoms with Crippen molar-refractivity contribution < 1.29 is 4.79 Å². The molecule has 1 atom stereocenters. The Kier molecular flexibility index (Phi) is 5.65. The zero-order valence-electron chi connectivity index (χ0n) is 9.67. The molecule has 0 radical (unpaired) electrons. The lowest BCUT2D eigenvalue weighted by Crippen LogP contribution is -2.43. The molecule has 1 fully saturated rings. The summed E-state index contributed by atoms with van der Waals surface area (Å²) in [5.74, 6) is -0.00366.